The van der Waals surface area contributed by atoms with Crippen molar-refractivity contribution in [3.8, 4) is 0 Å². The number of ether oxygens (including phenoxy) is 1. The minimum atomic E-state index is -3.27. The van der Waals surface area contributed by atoms with E-state index in [4.69, 9.17) is 4.74 Å². The van der Waals surface area contributed by atoms with Crippen molar-refractivity contribution in [2.45, 2.75) is 43.5 Å². The van der Waals surface area contributed by atoms with Crippen molar-refractivity contribution in [1.29, 1.82) is 0 Å². The Labute approximate surface area is 171 Å². The zero-order valence-electron chi connectivity index (χ0n) is 16.9. The molecule has 2 fully saturated rings. The van der Waals surface area contributed by atoms with Crippen molar-refractivity contribution in [2.24, 2.45) is 0 Å². The molecule has 160 valence electrons. The summed E-state index contributed by atoms with van der Waals surface area (Å²) in [6.45, 7) is 3.45. The predicted octanol–water partition coefficient (Wildman–Crippen LogP) is 1.17. The first-order chi connectivity index (χ1) is 14.0. The molecule has 0 bridgehead atoms. The smallest absolute Gasteiger partial charge is 0.329 e. The number of hydrogen-bond acceptors (Lipinski definition) is 5. The summed E-state index contributed by atoms with van der Waals surface area (Å²) in [5, 5.41) is 2.95. The molecule has 2 aliphatic rings. The van der Waals surface area contributed by atoms with Crippen LogP contribution in [-0.2, 0) is 21.3 Å². The summed E-state index contributed by atoms with van der Waals surface area (Å²) in [5.41, 5.74) is 1.77. The van der Waals surface area contributed by atoms with Crippen LogP contribution in [0.3, 0.4) is 0 Å². The minimum absolute atomic E-state index is 0.00988. The van der Waals surface area contributed by atoms with Crippen LogP contribution in [0.1, 0.15) is 31.7 Å². The molecule has 4 rings (SSSR count). The molecule has 0 radical (unpaired) electrons. The highest BCUT2D eigenvalue weighted by atomic mass is 32.2. The van der Waals surface area contributed by atoms with Gasteiger partial charge in [0, 0.05) is 26.2 Å². The van der Waals surface area contributed by atoms with Crippen molar-refractivity contribution >= 4 is 21.1 Å². The molecule has 0 unspecified atom stereocenters. The van der Waals surface area contributed by atoms with Gasteiger partial charge >= 0.3 is 5.69 Å². The van der Waals surface area contributed by atoms with E-state index in [1.54, 1.807) is 16.0 Å². The molecule has 2 aromatic rings. The van der Waals surface area contributed by atoms with Crippen LogP contribution in [0.2, 0.25) is 0 Å². The second-order valence-electron chi connectivity index (χ2n) is 7.91. The standard InChI is InChI=1S/C20H30N4O4S/c1-28-15-14-23-18-4-2-3-5-19(18)24(20(23)25)16-8-12-22(13-9-16)29(26,27)17-6-10-21-11-7-17/h2-5,16-17,21H,6-15H2,1H3. The fourth-order valence-corrected chi connectivity index (χ4v) is 6.62. The van der Waals surface area contributed by atoms with Crippen molar-refractivity contribution in [2.75, 3.05) is 39.9 Å². The average Bonchev–Trinajstić information content (AvgIpc) is 3.04. The lowest BCUT2D eigenvalue weighted by Gasteiger charge is -2.35. The Morgan fingerprint density at radius 2 is 1.72 bits per heavy atom. The van der Waals surface area contributed by atoms with Crippen molar-refractivity contribution in [3.05, 3.63) is 34.7 Å². The van der Waals surface area contributed by atoms with E-state index in [2.05, 4.69) is 5.32 Å². The molecule has 29 heavy (non-hydrogen) atoms. The molecule has 1 aromatic carbocycles. The summed E-state index contributed by atoms with van der Waals surface area (Å²) in [7, 11) is -1.64. The fraction of sp³-hybridized carbons (Fsp3) is 0.650. The van der Waals surface area contributed by atoms with Gasteiger partial charge in [-0.25, -0.2) is 17.5 Å². The molecule has 2 saturated heterocycles. The van der Waals surface area contributed by atoms with E-state index in [0.717, 1.165) is 24.1 Å². The summed E-state index contributed by atoms with van der Waals surface area (Å²) in [6, 6.07) is 7.81. The van der Waals surface area contributed by atoms with Gasteiger partial charge < -0.3 is 10.1 Å². The average molecular weight is 423 g/mol. The predicted molar refractivity (Wildman–Crippen MR) is 113 cm³/mol. The molecule has 3 heterocycles. The summed E-state index contributed by atoms with van der Waals surface area (Å²) in [6.07, 6.45) is 2.66. The lowest BCUT2D eigenvalue weighted by molar-refractivity contribution is 0.186. The molecule has 0 saturated carbocycles. The summed E-state index contributed by atoms with van der Waals surface area (Å²) in [5.74, 6) is 0. The molecule has 0 amide bonds. The summed E-state index contributed by atoms with van der Waals surface area (Å²) >= 11 is 0. The Hall–Kier alpha value is -1.68. The SMILES string of the molecule is COCCn1c(=O)n(C2CCN(S(=O)(=O)C3CCNCC3)CC2)c2ccccc21. The quantitative estimate of drug-likeness (QED) is 0.755. The molecule has 2 aliphatic heterocycles. The lowest BCUT2D eigenvalue weighted by Crippen LogP contribution is -2.47. The molecule has 8 nitrogen and oxygen atoms in total. The van der Waals surface area contributed by atoms with Crippen LogP contribution >= 0.6 is 0 Å². The third-order valence-corrected chi connectivity index (χ3v) is 8.64. The van der Waals surface area contributed by atoms with Gasteiger partial charge in [-0.3, -0.25) is 9.13 Å². The van der Waals surface area contributed by atoms with Crippen molar-refractivity contribution in [1.82, 2.24) is 18.8 Å². The van der Waals surface area contributed by atoms with Crippen LogP contribution in [0.4, 0.5) is 0 Å². The van der Waals surface area contributed by atoms with E-state index in [-0.39, 0.29) is 17.0 Å². The van der Waals surface area contributed by atoms with Crippen LogP contribution in [-0.4, -0.2) is 67.0 Å². The van der Waals surface area contributed by atoms with E-state index < -0.39 is 10.0 Å². The van der Waals surface area contributed by atoms with E-state index in [1.807, 2.05) is 28.8 Å². The summed E-state index contributed by atoms with van der Waals surface area (Å²) in [4.78, 5) is 13.2. The zero-order valence-corrected chi connectivity index (χ0v) is 17.7. The number of benzene rings is 1. The number of sulfonamides is 1. The highest BCUT2D eigenvalue weighted by Crippen LogP contribution is 2.29. The van der Waals surface area contributed by atoms with Crippen LogP contribution in [0.15, 0.2) is 29.1 Å². The van der Waals surface area contributed by atoms with Gasteiger partial charge in [-0.15, -0.1) is 0 Å². The number of fused-ring (bicyclic) bond motifs is 1. The van der Waals surface area contributed by atoms with Gasteiger partial charge in [-0.1, -0.05) is 12.1 Å². The second-order valence-corrected chi connectivity index (χ2v) is 10.1. The summed E-state index contributed by atoms with van der Waals surface area (Å²) < 4.78 is 36.4. The third kappa shape index (κ3) is 3.88. The van der Waals surface area contributed by atoms with E-state index in [0.29, 0.717) is 51.9 Å². The minimum Gasteiger partial charge on any atom is -0.383 e. The molecule has 1 aromatic heterocycles. The fourth-order valence-electron chi connectivity index (χ4n) is 4.64. The topological polar surface area (TPSA) is 85.6 Å². The molecular formula is C20H30N4O4S. The van der Waals surface area contributed by atoms with Crippen LogP contribution in [0.5, 0.6) is 0 Å². The first-order valence-corrected chi connectivity index (χ1v) is 11.9. The molecule has 0 spiro atoms. The van der Waals surface area contributed by atoms with Gasteiger partial charge in [-0.2, -0.15) is 0 Å². The number of hydrogen-bond donors (Lipinski definition) is 1. The Morgan fingerprint density at radius 3 is 2.38 bits per heavy atom. The van der Waals surface area contributed by atoms with Gasteiger partial charge in [0.2, 0.25) is 10.0 Å². The van der Waals surface area contributed by atoms with Crippen molar-refractivity contribution in [3.63, 3.8) is 0 Å². The maximum Gasteiger partial charge on any atom is 0.329 e. The number of para-hydroxylation sites is 2. The van der Waals surface area contributed by atoms with E-state index >= 15 is 0 Å². The lowest BCUT2D eigenvalue weighted by atomic mass is 10.1. The van der Waals surface area contributed by atoms with Gasteiger partial charge in [0.1, 0.15) is 0 Å². The first-order valence-electron chi connectivity index (χ1n) is 10.4. The second kappa shape index (κ2) is 8.59. The monoisotopic (exact) mass is 422 g/mol. The normalized spacial score (nSPS) is 20.4. The van der Waals surface area contributed by atoms with E-state index in [9.17, 15) is 13.2 Å². The Bertz CT molecular complexity index is 999. The number of methoxy groups -OCH3 is 1. The zero-order chi connectivity index (χ0) is 20.4. The largest absolute Gasteiger partial charge is 0.383 e. The number of aromatic nitrogens is 2. The molecule has 1 N–H and O–H groups in total. The Balaban J connectivity index is 1.55. The number of rotatable bonds is 6. The Kier molecular flexibility index (Phi) is 6.10. The number of piperidine rings is 2. The van der Waals surface area contributed by atoms with Crippen molar-refractivity contribution < 1.29 is 13.2 Å². The third-order valence-electron chi connectivity index (χ3n) is 6.24. The Morgan fingerprint density at radius 1 is 1.07 bits per heavy atom. The number of nitrogens with one attached hydrogen (secondary N) is 1. The number of nitrogens with zero attached hydrogens (tertiary/aromatic N) is 3. The van der Waals surface area contributed by atoms with Gasteiger partial charge in [0.25, 0.3) is 0 Å². The highest BCUT2D eigenvalue weighted by Gasteiger charge is 2.36. The molecule has 0 aliphatic carbocycles. The van der Waals surface area contributed by atoms with Gasteiger partial charge in [0.15, 0.2) is 0 Å². The van der Waals surface area contributed by atoms with Gasteiger partial charge in [-0.05, 0) is 50.9 Å². The van der Waals surface area contributed by atoms with Crippen LogP contribution in [0.25, 0.3) is 11.0 Å². The van der Waals surface area contributed by atoms with E-state index in [1.165, 1.54) is 0 Å². The first kappa shape index (κ1) is 20.6. The van der Waals surface area contributed by atoms with Crippen LogP contribution < -0.4 is 11.0 Å². The van der Waals surface area contributed by atoms with Crippen LogP contribution in [0, 0.1) is 0 Å². The van der Waals surface area contributed by atoms with Gasteiger partial charge in [0.05, 0.1) is 29.4 Å². The molecule has 0 atom stereocenters. The maximum absolute atomic E-state index is 13.2. The number of imidazole rings is 1. The maximum atomic E-state index is 13.2. The molecular weight excluding hydrogens is 392 g/mol. The highest BCUT2D eigenvalue weighted by molar-refractivity contribution is 7.89. The molecule has 9 heteroatoms.